The van der Waals surface area contributed by atoms with Gasteiger partial charge < -0.3 is 14.5 Å². The molecule has 0 radical (unpaired) electrons. The molecule has 0 atom stereocenters. The molecule has 0 spiro atoms. The summed E-state index contributed by atoms with van der Waals surface area (Å²) in [6.45, 7) is 4.02. The number of hydrogen-bond donors (Lipinski definition) is 1. The average molecular weight is 372 g/mol. The maximum Gasteiger partial charge on any atom is 0.291 e. The van der Waals surface area contributed by atoms with Crippen molar-refractivity contribution < 1.29 is 13.9 Å². The molecule has 0 unspecified atom stereocenters. The third kappa shape index (κ3) is 3.63. The fourth-order valence-electron chi connectivity index (χ4n) is 2.14. The van der Waals surface area contributed by atoms with Crippen LogP contribution in [0, 0.1) is 0 Å². The quantitative estimate of drug-likeness (QED) is 0.641. The average Bonchev–Trinajstić information content (AvgIpc) is 2.96. The van der Waals surface area contributed by atoms with Gasteiger partial charge in [0.05, 0.1) is 0 Å². The van der Waals surface area contributed by atoms with Crippen LogP contribution in [-0.2, 0) is 0 Å². The number of anilines is 1. The van der Waals surface area contributed by atoms with E-state index < -0.39 is 0 Å². The minimum atomic E-state index is -0.307. The normalized spacial score (nSPS) is 10.5. The van der Waals surface area contributed by atoms with Gasteiger partial charge in [-0.1, -0.05) is 34.7 Å². The van der Waals surface area contributed by atoms with E-state index in [4.69, 9.17) is 9.15 Å². The summed E-state index contributed by atoms with van der Waals surface area (Å²) in [7, 11) is 0. The number of carbonyl (C=O) groups is 1. The van der Waals surface area contributed by atoms with Crippen molar-refractivity contribution in [3.05, 3.63) is 71.4 Å². The van der Waals surface area contributed by atoms with E-state index in [9.17, 15) is 4.79 Å². The zero-order valence-corrected chi connectivity index (χ0v) is 13.8. The second kappa shape index (κ2) is 6.71. The number of nitrogens with one attached hydrogen (secondary N) is 1. The van der Waals surface area contributed by atoms with Crippen LogP contribution < -0.4 is 10.1 Å². The van der Waals surface area contributed by atoms with E-state index in [1.165, 1.54) is 0 Å². The predicted octanol–water partition coefficient (Wildman–Crippen LogP) is 5.01. The molecule has 1 aromatic heterocycles. The van der Waals surface area contributed by atoms with Crippen LogP contribution in [0.1, 0.15) is 10.6 Å². The molecule has 23 heavy (non-hydrogen) atoms. The molecule has 3 aromatic rings. The maximum atomic E-state index is 12.3. The molecular weight excluding hydrogens is 358 g/mol. The number of ether oxygens (including phenoxy) is 1. The smallest absolute Gasteiger partial charge is 0.291 e. The van der Waals surface area contributed by atoms with E-state index in [0.29, 0.717) is 23.6 Å². The Balaban J connectivity index is 1.78. The summed E-state index contributed by atoms with van der Waals surface area (Å²) in [5, 5.41) is 3.67. The Bertz CT molecular complexity index is 870. The topological polar surface area (TPSA) is 51.5 Å². The van der Waals surface area contributed by atoms with Gasteiger partial charge in [0.25, 0.3) is 5.91 Å². The molecule has 0 aliphatic rings. The summed E-state index contributed by atoms with van der Waals surface area (Å²) < 4.78 is 12.0. The lowest BCUT2D eigenvalue weighted by Crippen LogP contribution is -2.10. The lowest BCUT2D eigenvalue weighted by molar-refractivity contribution is 0.0998. The lowest BCUT2D eigenvalue weighted by Gasteiger charge is -2.06. The first-order valence-corrected chi connectivity index (χ1v) is 7.79. The summed E-state index contributed by atoms with van der Waals surface area (Å²) in [4.78, 5) is 12.3. The van der Waals surface area contributed by atoms with Gasteiger partial charge in [-0.3, -0.25) is 4.79 Å². The Kier molecular flexibility index (Phi) is 4.48. The van der Waals surface area contributed by atoms with E-state index >= 15 is 0 Å². The van der Waals surface area contributed by atoms with Gasteiger partial charge in [0.15, 0.2) is 5.76 Å². The highest BCUT2D eigenvalue weighted by Gasteiger charge is 2.13. The minimum Gasteiger partial charge on any atom is -0.489 e. The van der Waals surface area contributed by atoms with Gasteiger partial charge in [0.1, 0.15) is 17.9 Å². The van der Waals surface area contributed by atoms with Crippen LogP contribution in [0.3, 0.4) is 0 Å². The molecular formula is C18H14BrNO3. The van der Waals surface area contributed by atoms with Gasteiger partial charge in [0.2, 0.25) is 0 Å². The monoisotopic (exact) mass is 371 g/mol. The number of carbonyl (C=O) groups excluding carboxylic acids is 1. The summed E-state index contributed by atoms with van der Waals surface area (Å²) in [5.74, 6) is 0.616. The Morgan fingerprint density at radius 1 is 1.26 bits per heavy atom. The highest BCUT2D eigenvalue weighted by molar-refractivity contribution is 9.10. The van der Waals surface area contributed by atoms with Crippen molar-refractivity contribution in [3.8, 4) is 5.75 Å². The number of hydrogen-bond acceptors (Lipinski definition) is 3. The van der Waals surface area contributed by atoms with Crippen molar-refractivity contribution in [1.29, 1.82) is 0 Å². The summed E-state index contributed by atoms with van der Waals surface area (Å²) in [6.07, 6.45) is 1.66. The highest BCUT2D eigenvalue weighted by atomic mass is 79.9. The van der Waals surface area contributed by atoms with Crippen molar-refractivity contribution in [3.63, 3.8) is 0 Å². The van der Waals surface area contributed by atoms with Crippen molar-refractivity contribution in [2.45, 2.75) is 0 Å². The zero-order valence-electron chi connectivity index (χ0n) is 12.2. The van der Waals surface area contributed by atoms with Crippen LogP contribution in [-0.4, -0.2) is 12.5 Å². The van der Waals surface area contributed by atoms with Crippen molar-refractivity contribution in [2.24, 2.45) is 0 Å². The van der Waals surface area contributed by atoms with E-state index in [-0.39, 0.29) is 11.7 Å². The third-order valence-electron chi connectivity index (χ3n) is 3.16. The first kappa shape index (κ1) is 15.4. The van der Waals surface area contributed by atoms with E-state index in [1.54, 1.807) is 24.3 Å². The molecule has 1 amide bonds. The molecule has 0 saturated carbocycles. The molecule has 2 aromatic carbocycles. The Morgan fingerprint density at radius 3 is 2.96 bits per heavy atom. The highest BCUT2D eigenvalue weighted by Crippen LogP contribution is 2.24. The Morgan fingerprint density at radius 2 is 2.13 bits per heavy atom. The predicted molar refractivity (Wildman–Crippen MR) is 94.0 cm³/mol. The molecule has 0 saturated heterocycles. The van der Waals surface area contributed by atoms with Crippen LogP contribution in [0.2, 0.25) is 0 Å². The van der Waals surface area contributed by atoms with Gasteiger partial charge in [-0.15, -0.1) is 0 Å². The number of furan rings is 1. The molecule has 116 valence electrons. The molecule has 1 N–H and O–H groups in total. The SMILES string of the molecule is C=CCOc1cccc(NC(=O)c2cc3cc(Br)ccc3o2)c1. The molecule has 0 aliphatic carbocycles. The van der Waals surface area contributed by atoms with Crippen LogP contribution in [0.15, 0.2) is 70.1 Å². The number of halogens is 1. The van der Waals surface area contributed by atoms with Crippen molar-refractivity contribution >= 4 is 38.5 Å². The van der Waals surface area contributed by atoms with Crippen LogP contribution >= 0.6 is 15.9 Å². The molecule has 5 heteroatoms. The molecule has 0 bridgehead atoms. The minimum absolute atomic E-state index is 0.260. The second-order valence-corrected chi connectivity index (χ2v) is 5.79. The fraction of sp³-hybridized carbons (Fsp3) is 0.0556. The zero-order chi connectivity index (χ0) is 16.2. The van der Waals surface area contributed by atoms with Crippen molar-refractivity contribution in [1.82, 2.24) is 0 Å². The van der Waals surface area contributed by atoms with Crippen LogP contribution in [0.5, 0.6) is 5.75 Å². The molecule has 0 aliphatic heterocycles. The standard InChI is InChI=1S/C18H14BrNO3/c1-2-8-22-15-5-3-4-14(11-15)20-18(21)17-10-12-9-13(19)6-7-16(12)23-17/h2-7,9-11H,1,8H2,(H,20,21). The van der Waals surface area contributed by atoms with Gasteiger partial charge in [0, 0.05) is 21.6 Å². The van der Waals surface area contributed by atoms with E-state index in [2.05, 4.69) is 27.8 Å². The largest absolute Gasteiger partial charge is 0.489 e. The van der Waals surface area contributed by atoms with E-state index in [0.717, 1.165) is 9.86 Å². The molecule has 3 rings (SSSR count). The fourth-order valence-corrected chi connectivity index (χ4v) is 2.52. The number of benzene rings is 2. The number of fused-ring (bicyclic) bond motifs is 1. The molecule has 1 heterocycles. The number of amides is 1. The third-order valence-corrected chi connectivity index (χ3v) is 3.66. The van der Waals surface area contributed by atoms with Gasteiger partial charge >= 0.3 is 0 Å². The van der Waals surface area contributed by atoms with Gasteiger partial charge in [-0.2, -0.15) is 0 Å². The summed E-state index contributed by atoms with van der Waals surface area (Å²) in [5.41, 5.74) is 1.31. The van der Waals surface area contributed by atoms with Crippen LogP contribution in [0.4, 0.5) is 5.69 Å². The molecule has 0 fully saturated rings. The Hall–Kier alpha value is -2.53. The van der Waals surface area contributed by atoms with Gasteiger partial charge in [-0.25, -0.2) is 0 Å². The second-order valence-electron chi connectivity index (χ2n) is 4.87. The van der Waals surface area contributed by atoms with Gasteiger partial charge in [-0.05, 0) is 36.4 Å². The summed E-state index contributed by atoms with van der Waals surface area (Å²) >= 11 is 3.40. The first-order valence-electron chi connectivity index (χ1n) is 7.00. The van der Waals surface area contributed by atoms with E-state index in [1.807, 2.05) is 30.3 Å². The molecule has 4 nitrogen and oxygen atoms in total. The van der Waals surface area contributed by atoms with Crippen LogP contribution in [0.25, 0.3) is 11.0 Å². The Labute approximate surface area is 141 Å². The van der Waals surface area contributed by atoms with Crippen molar-refractivity contribution in [2.75, 3.05) is 11.9 Å². The first-order chi connectivity index (χ1) is 11.2. The number of rotatable bonds is 5. The lowest BCUT2D eigenvalue weighted by atomic mass is 10.2. The maximum absolute atomic E-state index is 12.3. The summed E-state index contributed by atoms with van der Waals surface area (Å²) in [6, 6.07) is 14.5.